The van der Waals surface area contributed by atoms with Gasteiger partial charge in [-0.25, -0.2) is 4.39 Å². The summed E-state index contributed by atoms with van der Waals surface area (Å²) in [5.74, 6) is -0.354. The molecule has 1 aromatic rings. The Labute approximate surface area is 105 Å². The van der Waals surface area contributed by atoms with E-state index in [4.69, 9.17) is 11.6 Å². The van der Waals surface area contributed by atoms with Crippen molar-refractivity contribution >= 4 is 17.4 Å². The van der Waals surface area contributed by atoms with E-state index in [2.05, 4.69) is 5.32 Å². The maximum absolute atomic E-state index is 13.2. The summed E-state index contributed by atoms with van der Waals surface area (Å²) in [4.78, 5) is 11.8. The molecule has 1 saturated heterocycles. The molecule has 0 saturated carbocycles. The van der Waals surface area contributed by atoms with Crippen LogP contribution in [-0.2, 0) is 11.2 Å². The highest BCUT2D eigenvalue weighted by Gasteiger charge is 2.18. The Balaban J connectivity index is 1.95. The summed E-state index contributed by atoms with van der Waals surface area (Å²) in [7, 11) is 0. The van der Waals surface area contributed by atoms with Crippen LogP contribution in [0.25, 0.3) is 0 Å². The molecule has 92 valence electrons. The largest absolute Gasteiger partial charge is 0.314 e. The number of nitrogens with one attached hydrogen (secondary N) is 1. The fourth-order valence-electron chi connectivity index (χ4n) is 2.18. The minimum atomic E-state index is -0.462. The van der Waals surface area contributed by atoms with Gasteiger partial charge < -0.3 is 5.32 Å². The molecule has 1 heterocycles. The number of rotatable bonds is 4. The van der Waals surface area contributed by atoms with Gasteiger partial charge in [-0.1, -0.05) is 23.7 Å². The van der Waals surface area contributed by atoms with Crippen molar-refractivity contribution in [3.8, 4) is 0 Å². The molecule has 1 unspecified atom stereocenters. The van der Waals surface area contributed by atoms with Gasteiger partial charge in [-0.05, 0) is 31.0 Å². The van der Waals surface area contributed by atoms with Gasteiger partial charge >= 0.3 is 0 Å². The summed E-state index contributed by atoms with van der Waals surface area (Å²) < 4.78 is 13.2. The van der Waals surface area contributed by atoms with E-state index < -0.39 is 5.82 Å². The lowest BCUT2D eigenvalue weighted by atomic mass is 10.0. The lowest BCUT2D eigenvalue weighted by Crippen LogP contribution is -2.25. The van der Waals surface area contributed by atoms with Gasteiger partial charge in [0.1, 0.15) is 11.6 Å². The number of ketones is 1. The van der Waals surface area contributed by atoms with Crippen molar-refractivity contribution in [1.82, 2.24) is 5.32 Å². The fourth-order valence-corrected chi connectivity index (χ4v) is 2.37. The molecule has 4 heteroatoms. The van der Waals surface area contributed by atoms with Crippen LogP contribution in [0.1, 0.15) is 24.8 Å². The Hall–Kier alpha value is -0.930. The zero-order chi connectivity index (χ0) is 12.3. The summed E-state index contributed by atoms with van der Waals surface area (Å²) in [6.07, 6.45) is 2.89. The Kier molecular flexibility index (Phi) is 4.13. The van der Waals surface area contributed by atoms with Crippen molar-refractivity contribution < 1.29 is 9.18 Å². The van der Waals surface area contributed by atoms with Crippen LogP contribution in [0, 0.1) is 5.82 Å². The molecule has 0 aliphatic carbocycles. The van der Waals surface area contributed by atoms with Crippen LogP contribution < -0.4 is 5.32 Å². The van der Waals surface area contributed by atoms with Crippen molar-refractivity contribution in [3.05, 3.63) is 34.6 Å². The van der Waals surface area contributed by atoms with E-state index in [1.165, 1.54) is 6.07 Å². The Morgan fingerprint density at radius 2 is 2.35 bits per heavy atom. The fraction of sp³-hybridized carbons (Fsp3) is 0.462. The third-order valence-corrected chi connectivity index (χ3v) is 3.48. The minimum Gasteiger partial charge on any atom is -0.314 e. The quantitative estimate of drug-likeness (QED) is 0.896. The Morgan fingerprint density at radius 1 is 1.53 bits per heavy atom. The molecule has 1 N–H and O–H groups in total. The molecule has 0 amide bonds. The average molecular weight is 256 g/mol. The number of Topliss-reactive ketones (excluding diaryl/α,β-unsaturated/α-hetero) is 1. The first kappa shape index (κ1) is 12.5. The van der Waals surface area contributed by atoms with E-state index in [9.17, 15) is 9.18 Å². The third kappa shape index (κ3) is 3.27. The minimum absolute atomic E-state index is 0.0697. The molecule has 1 aromatic carbocycles. The summed E-state index contributed by atoms with van der Waals surface area (Å²) in [5, 5.41) is 3.34. The second kappa shape index (κ2) is 5.61. The molecule has 1 aliphatic heterocycles. The molecule has 1 atom stereocenters. The van der Waals surface area contributed by atoms with Crippen molar-refractivity contribution in [2.45, 2.75) is 31.7 Å². The number of hydrogen-bond donors (Lipinski definition) is 1. The van der Waals surface area contributed by atoms with E-state index >= 15 is 0 Å². The SMILES string of the molecule is O=C(Cc1cccc(F)c1Cl)CC1CCCN1. The number of hydrogen-bond acceptors (Lipinski definition) is 2. The van der Waals surface area contributed by atoms with Gasteiger partial charge in [0.15, 0.2) is 0 Å². The lowest BCUT2D eigenvalue weighted by Gasteiger charge is -2.09. The molecule has 17 heavy (non-hydrogen) atoms. The van der Waals surface area contributed by atoms with E-state index in [0.717, 1.165) is 19.4 Å². The maximum atomic E-state index is 13.2. The zero-order valence-electron chi connectivity index (χ0n) is 9.51. The molecule has 0 spiro atoms. The van der Waals surface area contributed by atoms with Gasteiger partial charge in [0.2, 0.25) is 0 Å². The normalized spacial score (nSPS) is 19.5. The lowest BCUT2D eigenvalue weighted by molar-refractivity contribution is -0.118. The molecule has 0 radical (unpaired) electrons. The van der Waals surface area contributed by atoms with Gasteiger partial charge in [-0.3, -0.25) is 4.79 Å². The molecule has 1 fully saturated rings. The van der Waals surface area contributed by atoms with Gasteiger partial charge in [-0.2, -0.15) is 0 Å². The zero-order valence-corrected chi connectivity index (χ0v) is 10.3. The van der Waals surface area contributed by atoms with Crippen LogP contribution >= 0.6 is 11.6 Å². The van der Waals surface area contributed by atoms with Gasteiger partial charge in [0.05, 0.1) is 5.02 Å². The molecular weight excluding hydrogens is 241 g/mol. The number of carbonyl (C=O) groups excluding carboxylic acids is 1. The number of halogens is 2. The van der Waals surface area contributed by atoms with E-state index in [0.29, 0.717) is 12.0 Å². The highest BCUT2D eigenvalue weighted by Crippen LogP contribution is 2.21. The first-order valence-corrected chi connectivity index (χ1v) is 6.22. The summed E-state index contributed by atoms with van der Waals surface area (Å²) in [6, 6.07) is 4.87. The molecule has 0 aromatic heterocycles. The molecule has 2 nitrogen and oxygen atoms in total. The van der Waals surface area contributed by atoms with E-state index in [-0.39, 0.29) is 23.3 Å². The highest BCUT2D eigenvalue weighted by molar-refractivity contribution is 6.31. The topological polar surface area (TPSA) is 29.1 Å². The molecule has 1 aliphatic rings. The standard InChI is InChI=1S/C13H15ClFNO/c14-13-9(3-1-5-12(13)15)7-11(17)8-10-4-2-6-16-10/h1,3,5,10,16H,2,4,6-8H2. The Bertz CT molecular complexity index is 416. The summed E-state index contributed by atoms with van der Waals surface area (Å²) >= 11 is 5.81. The van der Waals surface area contributed by atoms with Crippen LogP contribution in [-0.4, -0.2) is 18.4 Å². The number of benzene rings is 1. The number of carbonyl (C=O) groups is 1. The summed E-state index contributed by atoms with van der Waals surface area (Å²) in [5.41, 5.74) is 0.578. The average Bonchev–Trinajstić information content (AvgIpc) is 2.77. The van der Waals surface area contributed by atoms with Gasteiger partial charge in [0, 0.05) is 18.9 Å². The van der Waals surface area contributed by atoms with Crippen LogP contribution in [0.2, 0.25) is 5.02 Å². The first-order valence-electron chi connectivity index (χ1n) is 5.85. The smallest absolute Gasteiger partial charge is 0.142 e. The maximum Gasteiger partial charge on any atom is 0.142 e. The predicted molar refractivity (Wildman–Crippen MR) is 65.8 cm³/mol. The molecule has 0 bridgehead atoms. The first-order chi connectivity index (χ1) is 8.16. The monoisotopic (exact) mass is 255 g/mol. The van der Waals surface area contributed by atoms with E-state index in [1.54, 1.807) is 12.1 Å². The second-order valence-corrected chi connectivity index (χ2v) is 4.80. The van der Waals surface area contributed by atoms with Crippen LogP contribution in [0.5, 0.6) is 0 Å². The van der Waals surface area contributed by atoms with Crippen LogP contribution in [0.3, 0.4) is 0 Å². The van der Waals surface area contributed by atoms with Crippen molar-refractivity contribution in [1.29, 1.82) is 0 Å². The molecular formula is C13H15ClFNO. The van der Waals surface area contributed by atoms with Gasteiger partial charge in [0.25, 0.3) is 0 Å². The van der Waals surface area contributed by atoms with Crippen molar-refractivity contribution in [3.63, 3.8) is 0 Å². The predicted octanol–water partition coefficient (Wildman–Crippen LogP) is 2.73. The van der Waals surface area contributed by atoms with E-state index in [1.807, 2.05) is 0 Å². The molecule has 2 rings (SSSR count). The van der Waals surface area contributed by atoms with Crippen molar-refractivity contribution in [2.24, 2.45) is 0 Å². The summed E-state index contributed by atoms with van der Waals surface area (Å²) in [6.45, 7) is 0.985. The third-order valence-electron chi connectivity index (χ3n) is 3.06. The second-order valence-electron chi connectivity index (χ2n) is 4.43. The van der Waals surface area contributed by atoms with Gasteiger partial charge in [-0.15, -0.1) is 0 Å². The Morgan fingerprint density at radius 3 is 3.06 bits per heavy atom. The van der Waals surface area contributed by atoms with Crippen molar-refractivity contribution in [2.75, 3.05) is 6.54 Å². The van der Waals surface area contributed by atoms with Crippen LogP contribution in [0.4, 0.5) is 4.39 Å². The van der Waals surface area contributed by atoms with Crippen LogP contribution in [0.15, 0.2) is 18.2 Å². The highest BCUT2D eigenvalue weighted by atomic mass is 35.5.